The SMILES string of the molecule is O=CC[C@H](C1=CCC=C1)c1ccco1. The molecule has 0 bridgehead atoms. The van der Waals surface area contributed by atoms with Gasteiger partial charge in [-0.1, -0.05) is 18.2 Å². The molecular weight excluding hydrogens is 176 g/mol. The molecule has 0 saturated heterocycles. The standard InChI is InChI=1S/C12H12O2/c13-8-7-11(10-4-1-2-5-10)12-6-3-9-14-12/h1,3-6,8-9,11H,2,7H2/t11-/m1/s1. The first kappa shape index (κ1) is 9.00. The number of furan rings is 1. The number of hydrogen-bond donors (Lipinski definition) is 0. The van der Waals surface area contributed by atoms with Crippen molar-refractivity contribution in [1.29, 1.82) is 0 Å². The van der Waals surface area contributed by atoms with Crippen molar-refractivity contribution in [3.63, 3.8) is 0 Å². The molecule has 2 nitrogen and oxygen atoms in total. The fourth-order valence-corrected chi connectivity index (χ4v) is 1.74. The van der Waals surface area contributed by atoms with Gasteiger partial charge in [-0.3, -0.25) is 0 Å². The van der Waals surface area contributed by atoms with Gasteiger partial charge in [-0.05, 0) is 24.1 Å². The summed E-state index contributed by atoms with van der Waals surface area (Å²) in [5.74, 6) is 0.969. The summed E-state index contributed by atoms with van der Waals surface area (Å²) < 4.78 is 5.33. The zero-order chi connectivity index (χ0) is 9.80. The van der Waals surface area contributed by atoms with E-state index < -0.39 is 0 Å². The fraction of sp³-hybridized carbons (Fsp3) is 0.250. The van der Waals surface area contributed by atoms with Crippen LogP contribution in [0.3, 0.4) is 0 Å². The van der Waals surface area contributed by atoms with E-state index in [1.54, 1.807) is 6.26 Å². The van der Waals surface area contributed by atoms with Crippen molar-refractivity contribution in [2.75, 3.05) is 0 Å². The molecule has 1 aliphatic rings. The van der Waals surface area contributed by atoms with E-state index >= 15 is 0 Å². The highest BCUT2D eigenvalue weighted by atomic mass is 16.3. The molecule has 14 heavy (non-hydrogen) atoms. The fourth-order valence-electron chi connectivity index (χ4n) is 1.74. The lowest BCUT2D eigenvalue weighted by molar-refractivity contribution is -0.108. The Labute approximate surface area is 82.9 Å². The van der Waals surface area contributed by atoms with Crippen LogP contribution in [0.1, 0.15) is 24.5 Å². The van der Waals surface area contributed by atoms with Gasteiger partial charge in [0.05, 0.1) is 6.26 Å². The molecule has 1 aliphatic carbocycles. The number of hydrogen-bond acceptors (Lipinski definition) is 2. The van der Waals surface area contributed by atoms with Crippen molar-refractivity contribution in [2.45, 2.75) is 18.8 Å². The van der Waals surface area contributed by atoms with Crippen LogP contribution in [0.15, 0.2) is 46.6 Å². The van der Waals surface area contributed by atoms with Crippen molar-refractivity contribution in [3.8, 4) is 0 Å². The lowest BCUT2D eigenvalue weighted by Gasteiger charge is -2.10. The van der Waals surface area contributed by atoms with Gasteiger partial charge in [-0.2, -0.15) is 0 Å². The Morgan fingerprint density at radius 1 is 1.57 bits per heavy atom. The van der Waals surface area contributed by atoms with Gasteiger partial charge < -0.3 is 9.21 Å². The Morgan fingerprint density at radius 3 is 3.07 bits per heavy atom. The first-order valence-electron chi connectivity index (χ1n) is 4.75. The summed E-state index contributed by atoms with van der Waals surface area (Å²) in [4.78, 5) is 10.6. The molecule has 2 rings (SSSR count). The molecule has 1 aromatic rings. The van der Waals surface area contributed by atoms with Crippen molar-refractivity contribution in [3.05, 3.63) is 48.0 Å². The second-order valence-electron chi connectivity index (χ2n) is 3.31. The Balaban J connectivity index is 2.23. The Bertz CT molecular complexity index is 358. The van der Waals surface area contributed by atoms with Gasteiger partial charge in [-0.15, -0.1) is 0 Å². The molecule has 0 aromatic carbocycles. The highest BCUT2D eigenvalue weighted by Gasteiger charge is 2.18. The molecule has 0 fully saturated rings. The van der Waals surface area contributed by atoms with Gasteiger partial charge in [0.1, 0.15) is 12.0 Å². The molecule has 0 unspecified atom stereocenters. The third-order valence-electron chi connectivity index (χ3n) is 2.42. The van der Waals surface area contributed by atoms with Crippen LogP contribution in [0.4, 0.5) is 0 Å². The molecular formula is C12H12O2. The molecule has 1 aromatic heterocycles. The highest BCUT2D eigenvalue weighted by molar-refractivity contribution is 5.54. The number of aldehydes is 1. The van der Waals surface area contributed by atoms with Gasteiger partial charge >= 0.3 is 0 Å². The summed E-state index contributed by atoms with van der Waals surface area (Å²) in [6, 6.07) is 3.77. The first-order valence-corrected chi connectivity index (χ1v) is 4.75. The largest absolute Gasteiger partial charge is 0.469 e. The van der Waals surface area contributed by atoms with E-state index in [4.69, 9.17) is 4.42 Å². The number of allylic oxidation sites excluding steroid dienone is 4. The normalized spacial score (nSPS) is 16.7. The second kappa shape index (κ2) is 4.09. The van der Waals surface area contributed by atoms with E-state index in [0.717, 1.165) is 18.5 Å². The molecule has 2 heteroatoms. The van der Waals surface area contributed by atoms with E-state index in [2.05, 4.69) is 18.2 Å². The first-order chi connectivity index (χ1) is 6.92. The lowest BCUT2D eigenvalue weighted by atomic mass is 9.94. The van der Waals surface area contributed by atoms with Crippen LogP contribution in [-0.4, -0.2) is 6.29 Å². The van der Waals surface area contributed by atoms with Crippen LogP contribution in [-0.2, 0) is 4.79 Å². The van der Waals surface area contributed by atoms with Gasteiger partial charge in [0, 0.05) is 12.3 Å². The summed E-state index contributed by atoms with van der Waals surface area (Å²) in [6.07, 6.45) is 10.3. The minimum Gasteiger partial charge on any atom is -0.469 e. The van der Waals surface area contributed by atoms with E-state index in [0.29, 0.717) is 6.42 Å². The molecule has 1 atom stereocenters. The lowest BCUT2D eigenvalue weighted by Crippen LogP contribution is -1.99. The van der Waals surface area contributed by atoms with Gasteiger partial charge in [0.2, 0.25) is 0 Å². The highest BCUT2D eigenvalue weighted by Crippen LogP contribution is 2.30. The third kappa shape index (κ3) is 1.69. The molecule has 0 saturated carbocycles. The predicted octanol–water partition coefficient (Wildman–Crippen LogP) is 2.84. The van der Waals surface area contributed by atoms with Gasteiger partial charge in [0.15, 0.2) is 0 Å². The van der Waals surface area contributed by atoms with E-state index in [9.17, 15) is 4.79 Å². The maximum absolute atomic E-state index is 10.6. The van der Waals surface area contributed by atoms with Crippen LogP contribution >= 0.6 is 0 Å². The Kier molecular flexibility index (Phi) is 2.63. The number of carbonyl (C=O) groups is 1. The van der Waals surface area contributed by atoms with E-state index in [-0.39, 0.29) is 5.92 Å². The van der Waals surface area contributed by atoms with E-state index in [1.807, 2.05) is 12.1 Å². The molecule has 0 N–H and O–H groups in total. The molecule has 0 spiro atoms. The Morgan fingerprint density at radius 2 is 2.50 bits per heavy atom. The van der Waals surface area contributed by atoms with Crippen LogP contribution in [0.25, 0.3) is 0 Å². The summed E-state index contributed by atoms with van der Waals surface area (Å²) in [6.45, 7) is 0. The molecule has 0 radical (unpaired) electrons. The van der Waals surface area contributed by atoms with Gasteiger partial charge in [0.25, 0.3) is 0 Å². The number of rotatable bonds is 4. The average molecular weight is 188 g/mol. The van der Waals surface area contributed by atoms with Gasteiger partial charge in [-0.25, -0.2) is 0 Å². The van der Waals surface area contributed by atoms with Crippen LogP contribution in [0.5, 0.6) is 0 Å². The van der Waals surface area contributed by atoms with Crippen molar-refractivity contribution in [1.82, 2.24) is 0 Å². The predicted molar refractivity (Wildman–Crippen MR) is 54.0 cm³/mol. The summed E-state index contributed by atoms with van der Waals surface area (Å²) in [7, 11) is 0. The zero-order valence-electron chi connectivity index (χ0n) is 7.85. The average Bonchev–Trinajstić information content (AvgIpc) is 2.87. The van der Waals surface area contributed by atoms with Crippen molar-refractivity contribution < 1.29 is 9.21 Å². The maximum atomic E-state index is 10.6. The summed E-state index contributed by atoms with van der Waals surface area (Å²) >= 11 is 0. The summed E-state index contributed by atoms with van der Waals surface area (Å²) in [5.41, 5.74) is 1.19. The van der Waals surface area contributed by atoms with E-state index in [1.165, 1.54) is 5.57 Å². The molecule has 0 amide bonds. The van der Waals surface area contributed by atoms with Crippen LogP contribution in [0.2, 0.25) is 0 Å². The smallest absolute Gasteiger partial charge is 0.121 e. The molecule has 0 aliphatic heterocycles. The quantitative estimate of drug-likeness (QED) is 0.680. The summed E-state index contributed by atoms with van der Waals surface area (Å²) in [5, 5.41) is 0. The molecule has 1 heterocycles. The minimum atomic E-state index is 0.0984. The number of carbonyl (C=O) groups excluding carboxylic acids is 1. The third-order valence-corrected chi connectivity index (χ3v) is 2.42. The zero-order valence-corrected chi connectivity index (χ0v) is 7.85. The molecule has 72 valence electrons. The second-order valence-corrected chi connectivity index (χ2v) is 3.31. The topological polar surface area (TPSA) is 30.2 Å². The van der Waals surface area contributed by atoms with Crippen molar-refractivity contribution in [2.24, 2.45) is 0 Å². The Hall–Kier alpha value is -1.57. The maximum Gasteiger partial charge on any atom is 0.121 e. The van der Waals surface area contributed by atoms with Crippen LogP contribution in [0, 0.1) is 0 Å². The van der Waals surface area contributed by atoms with Crippen LogP contribution < -0.4 is 0 Å². The van der Waals surface area contributed by atoms with Crippen molar-refractivity contribution >= 4 is 6.29 Å². The monoisotopic (exact) mass is 188 g/mol. The minimum absolute atomic E-state index is 0.0984.